The highest BCUT2D eigenvalue weighted by molar-refractivity contribution is 5.82. The molecule has 0 saturated carbocycles. The van der Waals surface area contributed by atoms with Gasteiger partial charge in [-0.25, -0.2) is 9.59 Å². The molecule has 0 aliphatic heterocycles. The summed E-state index contributed by atoms with van der Waals surface area (Å²) in [6.45, 7) is 4.64. The minimum absolute atomic E-state index is 0.288. The molecule has 0 aliphatic carbocycles. The molecular weight excluding hydrogens is 228 g/mol. The first-order valence-corrected chi connectivity index (χ1v) is 5.43. The molecule has 100 valence electrons. The molecule has 0 rings (SSSR count). The molecule has 2 amide bonds. The molecule has 0 aromatic rings. The van der Waals surface area contributed by atoms with Crippen molar-refractivity contribution in [2.75, 3.05) is 26.4 Å². The SMILES string of the molecule is CC(C)COCCNC(=O)NC(CO)C(=O)O. The third-order valence-electron chi connectivity index (χ3n) is 1.77. The Hall–Kier alpha value is -1.34. The van der Waals surface area contributed by atoms with Gasteiger partial charge in [0.2, 0.25) is 0 Å². The molecule has 0 heterocycles. The molecule has 0 saturated heterocycles. The molecule has 17 heavy (non-hydrogen) atoms. The topological polar surface area (TPSA) is 108 Å². The monoisotopic (exact) mass is 248 g/mol. The van der Waals surface area contributed by atoms with E-state index in [1.54, 1.807) is 0 Å². The number of aliphatic hydroxyl groups excluding tert-OH is 1. The van der Waals surface area contributed by atoms with Gasteiger partial charge in [-0.3, -0.25) is 0 Å². The summed E-state index contributed by atoms with van der Waals surface area (Å²) in [5.41, 5.74) is 0. The number of carbonyl (C=O) groups is 2. The van der Waals surface area contributed by atoms with Gasteiger partial charge in [-0.2, -0.15) is 0 Å². The quantitative estimate of drug-likeness (QED) is 0.429. The van der Waals surface area contributed by atoms with E-state index in [0.29, 0.717) is 19.1 Å². The maximum atomic E-state index is 11.2. The third kappa shape index (κ3) is 8.47. The highest BCUT2D eigenvalue weighted by Crippen LogP contribution is 1.91. The number of aliphatic carboxylic acids is 1. The van der Waals surface area contributed by atoms with Crippen LogP contribution >= 0.6 is 0 Å². The van der Waals surface area contributed by atoms with Gasteiger partial charge in [-0.15, -0.1) is 0 Å². The Labute approximate surface area is 100 Å². The van der Waals surface area contributed by atoms with Crippen molar-refractivity contribution in [3.8, 4) is 0 Å². The van der Waals surface area contributed by atoms with Crippen molar-refractivity contribution >= 4 is 12.0 Å². The highest BCUT2D eigenvalue weighted by Gasteiger charge is 2.17. The molecule has 0 bridgehead atoms. The van der Waals surface area contributed by atoms with Crippen molar-refractivity contribution in [1.29, 1.82) is 0 Å². The summed E-state index contributed by atoms with van der Waals surface area (Å²) < 4.78 is 5.22. The van der Waals surface area contributed by atoms with Gasteiger partial charge in [0.15, 0.2) is 6.04 Å². The Morgan fingerprint density at radius 1 is 1.35 bits per heavy atom. The number of carboxylic acids is 1. The molecule has 1 atom stereocenters. The standard InChI is InChI=1S/C10H20N2O5/c1-7(2)6-17-4-3-11-10(16)12-8(5-13)9(14)15/h7-8,13H,3-6H2,1-2H3,(H,14,15)(H2,11,12,16). The summed E-state index contributed by atoms with van der Waals surface area (Å²) in [5, 5.41) is 21.8. The van der Waals surface area contributed by atoms with Gasteiger partial charge in [-0.1, -0.05) is 13.8 Å². The molecular formula is C10H20N2O5. The summed E-state index contributed by atoms with van der Waals surface area (Å²) in [4.78, 5) is 21.7. The van der Waals surface area contributed by atoms with E-state index in [1.807, 2.05) is 13.8 Å². The van der Waals surface area contributed by atoms with Crippen LogP contribution in [0.5, 0.6) is 0 Å². The molecule has 1 unspecified atom stereocenters. The zero-order valence-corrected chi connectivity index (χ0v) is 10.1. The van der Waals surface area contributed by atoms with Gasteiger partial charge >= 0.3 is 12.0 Å². The predicted molar refractivity (Wildman–Crippen MR) is 60.7 cm³/mol. The van der Waals surface area contributed by atoms with Crippen molar-refractivity contribution in [1.82, 2.24) is 10.6 Å². The average molecular weight is 248 g/mol. The maximum absolute atomic E-state index is 11.2. The zero-order valence-electron chi connectivity index (χ0n) is 10.1. The molecule has 0 spiro atoms. The molecule has 0 aromatic heterocycles. The fourth-order valence-corrected chi connectivity index (χ4v) is 0.951. The smallest absolute Gasteiger partial charge is 0.328 e. The summed E-state index contributed by atoms with van der Waals surface area (Å²) in [5.74, 6) is -0.853. The van der Waals surface area contributed by atoms with Crippen molar-refractivity contribution in [2.24, 2.45) is 5.92 Å². The van der Waals surface area contributed by atoms with Crippen molar-refractivity contribution < 1.29 is 24.5 Å². The van der Waals surface area contributed by atoms with Crippen LogP contribution in [0, 0.1) is 5.92 Å². The first-order chi connectivity index (χ1) is 7.97. The number of rotatable bonds is 8. The number of amides is 2. The van der Waals surface area contributed by atoms with Crippen LogP contribution in [0.25, 0.3) is 0 Å². The van der Waals surface area contributed by atoms with E-state index in [4.69, 9.17) is 14.9 Å². The summed E-state index contributed by atoms with van der Waals surface area (Å²) in [6, 6.07) is -1.92. The van der Waals surface area contributed by atoms with Crippen LogP contribution in [0.1, 0.15) is 13.8 Å². The normalized spacial score (nSPS) is 12.2. The van der Waals surface area contributed by atoms with Crippen LogP contribution < -0.4 is 10.6 Å². The first kappa shape index (κ1) is 15.7. The largest absolute Gasteiger partial charge is 0.480 e. The third-order valence-corrected chi connectivity index (χ3v) is 1.77. The zero-order chi connectivity index (χ0) is 13.3. The lowest BCUT2D eigenvalue weighted by Gasteiger charge is -2.13. The van der Waals surface area contributed by atoms with E-state index in [2.05, 4.69) is 10.6 Å². The van der Waals surface area contributed by atoms with E-state index in [9.17, 15) is 9.59 Å². The van der Waals surface area contributed by atoms with E-state index in [0.717, 1.165) is 0 Å². The first-order valence-electron chi connectivity index (χ1n) is 5.43. The number of ether oxygens (including phenoxy) is 1. The fraction of sp³-hybridized carbons (Fsp3) is 0.800. The Morgan fingerprint density at radius 2 is 2.00 bits per heavy atom. The second-order valence-electron chi connectivity index (χ2n) is 3.94. The van der Waals surface area contributed by atoms with Crippen LogP contribution in [0.2, 0.25) is 0 Å². The average Bonchev–Trinajstić information content (AvgIpc) is 2.24. The molecule has 7 heteroatoms. The summed E-state index contributed by atoms with van der Waals surface area (Å²) in [6.07, 6.45) is 0. The van der Waals surface area contributed by atoms with Crippen molar-refractivity contribution in [3.63, 3.8) is 0 Å². The second-order valence-corrected chi connectivity index (χ2v) is 3.94. The summed E-state index contributed by atoms with van der Waals surface area (Å²) in [7, 11) is 0. The Kier molecular flexibility index (Phi) is 8.08. The van der Waals surface area contributed by atoms with Crippen molar-refractivity contribution in [3.05, 3.63) is 0 Å². The number of hydrogen-bond donors (Lipinski definition) is 4. The van der Waals surface area contributed by atoms with Crippen LogP contribution in [0.3, 0.4) is 0 Å². The van der Waals surface area contributed by atoms with E-state index >= 15 is 0 Å². The summed E-state index contributed by atoms with van der Waals surface area (Å²) >= 11 is 0. The number of hydrogen-bond acceptors (Lipinski definition) is 4. The number of carbonyl (C=O) groups excluding carboxylic acids is 1. The van der Waals surface area contributed by atoms with Crippen molar-refractivity contribution in [2.45, 2.75) is 19.9 Å². The highest BCUT2D eigenvalue weighted by atomic mass is 16.5. The molecule has 0 aromatic carbocycles. The minimum atomic E-state index is -1.29. The molecule has 4 N–H and O–H groups in total. The number of urea groups is 1. The Morgan fingerprint density at radius 3 is 2.47 bits per heavy atom. The van der Waals surface area contributed by atoms with Gasteiger partial charge in [0.25, 0.3) is 0 Å². The molecule has 0 aliphatic rings. The molecule has 0 fully saturated rings. The minimum Gasteiger partial charge on any atom is -0.480 e. The van der Waals surface area contributed by atoms with Gasteiger partial charge in [0.1, 0.15) is 0 Å². The van der Waals surface area contributed by atoms with Crippen LogP contribution in [0.4, 0.5) is 4.79 Å². The lowest BCUT2D eigenvalue weighted by Crippen LogP contribution is -2.48. The van der Waals surface area contributed by atoms with Gasteiger partial charge < -0.3 is 25.6 Å². The van der Waals surface area contributed by atoms with Crippen LogP contribution in [0.15, 0.2) is 0 Å². The Balaban J connectivity index is 3.62. The number of carboxylic acid groups (broad SMARTS) is 1. The fourth-order valence-electron chi connectivity index (χ4n) is 0.951. The number of aliphatic hydroxyl groups is 1. The number of nitrogens with one attached hydrogen (secondary N) is 2. The maximum Gasteiger partial charge on any atom is 0.328 e. The predicted octanol–water partition coefficient (Wildman–Crippen LogP) is -0.596. The van der Waals surface area contributed by atoms with Crippen LogP contribution in [-0.2, 0) is 9.53 Å². The van der Waals surface area contributed by atoms with Gasteiger partial charge in [0.05, 0.1) is 13.2 Å². The van der Waals surface area contributed by atoms with Gasteiger partial charge in [0, 0.05) is 13.2 Å². The second kappa shape index (κ2) is 8.77. The molecule has 0 radical (unpaired) electrons. The lowest BCUT2D eigenvalue weighted by molar-refractivity contribution is -0.140. The molecule has 7 nitrogen and oxygen atoms in total. The lowest BCUT2D eigenvalue weighted by atomic mass is 10.2. The van der Waals surface area contributed by atoms with E-state index in [-0.39, 0.29) is 6.54 Å². The van der Waals surface area contributed by atoms with E-state index < -0.39 is 24.6 Å². The Bertz CT molecular complexity index is 245. The van der Waals surface area contributed by atoms with E-state index in [1.165, 1.54) is 0 Å². The van der Waals surface area contributed by atoms with Crippen LogP contribution in [-0.4, -0.2) is 54.6 Å². The van der Waals surface area contributed by atoms with Gasteiger partial charge in [-0.05, 0) is 5.92 Å².